The van der Waals surface area contributed by atoms with Crippen LogP contribution in [-0.4, -0.2) is 12.0 Å². The van der Waals surface area contributed by atoms with Crippen molar-refractivity contribution in [3.05, 3.63) is 23.5 Å². The molecule has 0 fully saturated rings. The lowest BCUT2D eigenvalue weighted by Crippen LogP contribution is -2.00. The molecule has 0 bridgehead atoms. The molecular weight excluding hydrogens is 160 g/mol. The van der Waals surface area contributed by atoms with Gasteiger partial charge in [0.25, 0.3) is 0 Å². The van der Waals surface area contributed by atoms with Gasteiger partial charge in [0.15, 0.2) is 0 Å². The van der Waals surface area contributed by atoms with Gasteiger partial charge in [-0.1, -0.05) is 20.8 Å². The van der Waals surface area contributed by atoms with Crippen molar-refractivity contribution >= 4 is 5.69 Å². The SMILES string of the molecule is CCc1cnc(C(C)C)cc1NC. The molecule has 1 aromatic heterocycles. The van der Waals surface area contributed by atoms with Crippen LogP contribution in [0.3, 0.4) is 0 Å². The summed E-state index contributed by atoms with van der Waals surface area (Å²) in [5.41, 5.74) is 3.65. The summed E-state index contributed by atoms with van der Waals surface area (Å²) >= 11 is 0. The summed E-state index contributed by atoms with van der Waals surface area (Å²) in [7, 11) is 1.96. The number of aryl methyl sites for hydroxylation is 1. The number of anilines is 1. The highest BCUT2D eigenvalue weighted by Gasteiger charge is 2.04. The Balaban J connectivity index is 3.05. The molecule has 13 heavy (non-hydrogen) atoms. The molecule has 1 aromatic rings. The molecule has 0 radical (unpaired) electrons. The summed E-state index contributed by atoms with van der Waals surface area (Å²) < 4.78 is 0. The Morgan fingerprint density at radius 2 is 2.15 bits per heavy atom. The van der Waals surface area contributed by atoms with Crippen molar-refractivity contribution in [1.29, 1.82) is 0 Å². The minimum absolute atomic E-state index is 0.498. The van der Waals surface area contributed by atoms with Gasteiger partial charge in [-0.05, 0) is 24.0 Å². The van der Waals surface area contributed by atoms with Gasteiger partial charge in [0.05, 0.1) is 0 Å². The fraction of sp³-hybridized carbons (Fsp3) is 0.545. The molecule has 0 spiro atoms. The van der Waals surface area contributed by atoms with Crippen molar-refractivity contribution in [1.82, 2.24) is 4.98 Å². The molecule has 0 saturated heterocycles. The van der Waals surface area contributed by atoms with Crippen molar-refractivity contribution in [3.63, 3.8) is 0 Å². The average Bonchev–Trinajstić information content (AvgIpc) is 2.16. The average molecular weight is 178 g/mol. The highest BCUT2D eigenvalue weighted by molar-refractivity contribution is 5.50. The lowest BCUT2D eigenvalue weighted by Gasteiger charge is -2.10. The summed E-state index contributed by atoms with van der Waals surface area (Å²) in [5, 5.41) is 3.20. The highest BCUT2D eigenvalue weighted by Crippen LogP contribution is 2.20. The maximum absolute atomic E-state index is 4.42. The lowest BCUT2D eigenvalue weighted by molar-refractivity contribution is 0.819. The van der Waals surface area contributed by atoms with Crippen LogP contribution in [-0.2, 0) is 6.42 Å². The first-order valence-electron chi connectivity index (χ1n) is 4.85. The predicted molar refractivity (Wildman–Crippen MR) is 57.3 cm³/mol. The first kappa shape index (κ1) is 10.0. The quantitative estimate of drug-likeness (QED) is 0.769. The lowest BCUT2D eigenvalue weighted by atomic mass is 10.1. The van der Waals surface area contributed by atoms with Crippen LogP contribution in [0.15, 0.2) is 12.3 Å². The fourth-order valence-corrected chi connectivity index (χ4v) is 1.33. The standard InChI is InChI=1S/C11H18N2/c1-5-9-7-13-10(8(2)3)6-11(9)12-4/h6-8H,5H2,1-4H3,(H,12,13). The molecule has 0 unspecified atom stereocenters. The van der Waals surface area contributed by atoms with E-state index in [9.17, 15) is 0 Å². The number of hydrogen-bond donors (Lipinski definition) is 1. The summed E-state index contributed by atoms with van der Waals surface area (Å²) in [4.78, 5) is 4.42. The van der Waals surface area contributed by atoms with Gasteiger partial charge in [-0.3, -0.25) is 4.98 Å². The number of aromatic nitrogens is 1. The van der Waals surface area contributed by atoms with Crippen molar-refractivity contribution in [2.75, 3.05) is 12.4 Å². The van der Waals surface area contributed by atoms with Crippen LogP contribution in [0.4, 0.5) is 5.69 Å². The zero-order valence-electron chi connectivity index (χ0n) is 8.89. The van der Waals surface area contributed by atoms with E-state index in [2.05, 4.69) is 37.1 Å². The number of pyridine rings is 1. The van der Waals surface area contributed by atoms with Crippen LogP contribution in [0.2, 0.25) is 0 Å². The summed E-state index contributed by atoms with van der Waals surface area (Å²) in [6.07, 6.45) is 3.00. The molecule has 1 rings (SSSR count). The van der Waals surface area contributed by atoms with E-state index in [0.29, 0.717) is 5.92 Å². The molecule has 0 aliphatic rings. The maximum Gasteiger partial charge on any atom is 0.0449 e. The van der Waals surface area contributed by atoms with Crippen molar-refractivity contribution < 1.29 is 0 Å². The molecule has 72 valence electrons. The zero-order chi connectivity index (χ0) is 9.84. The first-order chi connectivity index (χ1) is 6.19. The van der Waals surface area contributed by atoms with E-state index in [1.165, 1.54) is 11.3 Å². The van der Waals surface area contributed by atoms with E-state index in [1.54, 1.807) is 0 Å². The Morgan fingerprint density at radius 1 is 1.46 bits per heavy atom. The Morgan fingerprint density at radius 3 is 2.62 bits per heavy atom. The molecule has 0 aliphatic carbocycles. The van der Waals surface area contributed by atoms with Crippen molar-refractivity contribution in [3.8, 4) is 0 Å². The Kier molecular flexibility index (Phi) is 3.29. The van der Waals surface area contributed by atoms with E-state index in [4.69, 9.17) is 0 Å². The van der Waals surface area contributed by atoms with E-state index < -0.39 is 0 Å². The van der Waals surface area contributed by atoms with E-state index in [0.717, 1.165) is 12.1 Å². The second kappa shape index (κ2) is 4.26. The number of nitrogens with one attached hydrogen (secondary N) is 1. The van der Waals surface area contributed by atoms with Gasteiger partial charge in [0, 0.05) is 24.6 Å². The molecule has 2 heteroatoms. The van der Waals surface area contributed by atoms with Crippen LogP contribution >= 0.6 is 0 Å². The topological polar surface area (TPSA) is 24.9 Å². The zero-order valence-corrected chi connectivity index (χ0v) is 8.89. The minimum Gasteiger partial charge on any atom is -0.388 e. The molecule has 2 nitrogen and oxygen atoms in total. The number of rotatable bonds is 3. The molecule has 1 heterocycles. The molecule has 0 aliphatic heterocycles. The maximum atomic E-state index is 4.42. The van der Waals surface area contributed by atoms with Gasteiger partial charge >= 0.3 is 0 Å². The molecule has 0 saturated carbocycles. The largest absolute Gasteiger partial charge is 0.388 e. The van der Waals surface area contributed by atoms with Crippen LogP contribution in [0.5, 0.6) is 0 Å². The fourth-order valence-electron chi connectivity index (χ4n) is 1.33. The number of hydrogen-bond acceptors (Lipinski definition) is 2. The summed E-state index contributed by atoms with van der Waals surface area (Å²) in [5.74, 6) is 0.498. The third-order valence-electron chi connectivity index (χ3n) is 2.25. The summed E-state index contributed by atoms with van der Waals surface area (Å²) in [6, 6.07) is 2.14. The summed E-state index contributed by atoms with van der Waals surface area (Å²) in [6.45, 7) is 6.47. The molecule has 0 amide bonds. The Bertz CT molecular complexity index is 279. The van der Waals surface area contributed by atoms with E-state index >= 15 is 0 Å². The van der Waals surface area contributed by atoms with Gasteiger partial charge in [0.2, 0.25) is 0 Å². The smallest absolute Gasteiger partial charge is 0.0449 e. The Hall–Kier alpha value is -1.05. The highest BCUT2D eigenvalue weighted by atomic mass is 14.8. The van der Waals surface area contributed by atoms with Gasteiger partial charge < -0.3 is 5.32 Å². The van der Waals surface area contributed by atoms with Gasteiger partial charge in [-0.25, -0.2) is 0 Å². The van der Waals surface area contributed by atoms with Gasteiger partial charge in [-0.15, -0.1) is 0 Å². The van der Waals surface area contributed by atoms with Crippen molar-refractivity contribution in [2.45, 2.75) is 33.1 Å². The third kappa shape index (κ3) is 2.20. The van der Waals surface area contributed by atoms with Crippen LogP contribution < -0.4 is 5.32 Å². The minimum atomic E-state index is 0.498. The second-order valence-corrected chi connectivity index (χ2v) is 3.52. The van der Waals surface area contributed by atoms with Crippen molar-refractivity contribution in [2.24, 2.45) is 0 Å². The van der Waals surface area contributed by atoms with E-state index in [-0.39, 0.29) is 0 Å². The molecule has 0 atom stereocenters. The van der Waals surface area contributed by atoms with Crippen LogP contribution in [0, 0.1) is 0 Å². The monoisotopic (exact) mass is 178 g/mol. The molecule has 1 N–H and O–H groups in total. The van der Waals surface area contributed by atoms with E-state index in [1.807, 2.05) is 13.2 Å². The van der Waals surface area contributed by atoms with Gasteiger partial charge in [-0.2, -0.15) is 0 Å². The third-order valence-corrected chi connectivity index (χ3v) is 2.25. The van der Waals surface area contributed by atoms with Crippen LogP contribution in [0.25, 0.3) is 0 Å². The normalized spacial score (nSPS) is 10.5. The van der Waals surface area contributed by atoms with Gasteiger partial charge in [0.1, 0.15) is 0 Å². The number of nitrogens with zero attached hydrogens (tertiary/aromatic N) is 1. The Labute approximate surface area is 80.4 Å². The van der Waals surface area contributed by atoms with Crippen LogP contribution in [0.1, 0.15) is 37.9 Å². The second-order valence-electron chi connectivity index (χ2n) is 3.52. The predicted octanol–water partition coefficient (Wildman–Crippen LogP) is 2.81. The first-order valence-corrected chi connectivity index (χ1v) is 4.85. The molecular formula is C11H18N2. The molecule has 0 aromatic carbocycles.